The minimum absolute atomic E-state index is 0.130. The number of nitrogens with one attached hydrogen (secondary N) is 1. The van der Waals surface area contributed by atoms with Crippen molar-refractivity contribution in [2.45, 2.75) is 6.42 Å². The lowest BCUT2D eigenvalue weighted by Gasteiger charge is -2.03. The summed E-state index contributed by atoms with van der Waals surface area (Å²) in [5.41, 5.74) is 5.78. The van der Waals surface area contributed by atoms with Gasteiger partial charge >= 0.3 is 0 Å². The number of anilines is 1. The van der Waals surface area contributed by atoms with E-state index in [2.05, 4.69) is 5.32 Å². The molecule has 1 aromatic rings. The third kappa shape index (κ3) is 3.13. The van der Waals surface area contributed by atoms with E-state index in [1.807, 2.05) is 0 Å². The number of amides is 1. The molecule has 1 amide bonds. The number of hydrogen-bond acceptors (Lipinski definition) is 3. The maximum atomic E-state index is 11.1. The van der Waals surface area contributed by atoms with E-state index in [-0.39, 0.29) is 18.1 Å². The normalized spacial score (nSPS) is 9.62. The number of carbonyl (C=O) groups excluding carboxylic acids is 1. The van der Waals surface area contributed by atoms with Crippen molar-refractivity contribution in [1.82, 2.24) is 0 Å². The van der Waals surface area contributed by atoms with Gasteiger partial charge in [0.2, 0.25) is 5.91 Å². The summed E-state index contributed by atoms with van der Waals surface area (Å²) in [4.78, 5) is 11.1. The van der Waals surface area contributed by atoms with Crippen LogP contribution in [0.1, 0.15) is 6.42 Å². The highest BCUT2D eigenvalue weighted by molar-refractivity contribution is 5.90. The van der Waals surface area contributed by atoms with Gasteiger partial charge in [0.05, 0.1) is 0 Å². The molecule has 4 nitrogen and oxygen atoms in total. The Labute approximate surface area is 76.4 Å². The Kier molecular flexibility index (Phi) is 3.28. The molecular weight excluding hydrogens is 168 g/mol. The molecule has 1 aromatic carbocycles. The summed E-state index contributed by atoms with van der Waals surface area (Å²) < 4.78 is 0. The van der Waals surface area contributed by atoms with Crippen LogP contribution >= 0.6 is 0 Å². The number of phenols is 1. The fourth-order valence-electron chi connectivity index (χ4n) is 0.938. The number of phenolic OH excluding ortho intramolecular Hbond substituents is 1. The second-order valence-electron chi connectivity index (χ2n) is 2.64. The van der Waals surface area contributed by atoms with E-state index in [0.717, 1.165) is 0 Å². The van der Waals surface area contributed by atoms with Crippen LogP contribution in [0.25, 0.3) is 0 Å². The van der Waals surface area contributed by atoms with Gasteiger partial charge in [0, 0.05) is 24.7 Å². The van der Waals surface area contributed by atoms with Gasteiger partial charge in [-0.1, -0.05) is 6.07 Å². The van der Waals surface area contributed by atoms with Gasteiger partial charge in [-0.25, -0.2) is 0 Å². The fraction of sp³-hybridized carbons (Fsp3) is 0.222. The maximum absolute atomic E-state index is 11.1. The van der Waals surface area contributed by atoms with Gasteiger partial charge in [0.15, 0.2) is 0 Å². The quantitative estimate of drug-likeness (QED) is 0.640. The first-order valence-electron chi connectivity index (χ1n) is 4.01. The number of carbonyl (C=O) groups is 1. The molecule has 0 aliphatic rings. The van der Waals surface area contributed by atoms with E-state index in [9.17, 15) is 4.79 Å². The van der Waals surface area contributed by atoms with E-state index in [1.54, 1.807) is 18.2 Å². The molecule has 0 spiro atoms. The number of hydrogen-bond donors (Lipinski definition) is 3. The van der Waals surface area contributed by atoms with Crippen molar-refractivity contribution >= 4 is 11.6 Å². The second-order valence-corrected chi connectivity index (χ2v) is 2.64. The van der Waals surface area contributed by atoms with Gasteiger partial charge in [0.1, 0.15) is 5.75 Å². The number of benzene rings is 1. The van der Waals surface area contributed by atoms with E-state index in [1.165, 1.54) is 6.07 Å². The monoisotopic (exact) mass is 180 g/mol. The van der Waals surface area contributed by atoms with Crippen molar-refractivity contribution in [3.8, 4) is 5.75 Å². The molecule has 0 radical (unpaired) electrons. The standard InChI is InChI=1S/C9H12N2O2/c10-5-4-9(13)11-7-2-1-3-8(12)6-7/h1-3,6,12H,4-5,10H2,(H,11,13). The molecule has 0 saturated carbocycles. The predicted molar refractivity (Wildman–Crippen MR) is 50.4 cm³/mol. The molecule has 13 heavy (non-hydrogen) atoms. The number of aromatic hydroxyl groups is 1. The SMILES string of the molecule is NCCC(=O)Nc1cccc(O)c1. The Hall–Kier alpha value is -1.55. The summed E-state index contributed by atoms with van der Waals surface area (Å²) in [5.74, 6) is -0.0151. The van der Waals surface area contributed by atoms with Crippen molar-refractivity contribution in [2.24, 2.45) is 5.73 Å². The van der Waals surface area contributed by atoms with E-state index in [0.29, 0.717) is 12.2 Å². The minimum Gasteiger partial charge on any atom is -0.508 e. The predicted octanol–water partition coefficient (Wildman–Crippen LogP) is 0.679. The van der Waals surface area contributed by atoms with Crippen LogP contribution in [0.4, 0.5) is 5.69 Å². The summed E-state index contributed by atoms with van der Waals surface area (Å²) in [6.45, 7) is 0.324. The minimum atomic E-state index is -0.145. The summed E-state index contributed by atoms with van der Waals surface area (Å²) >= 11 is 0. The third-order valence-corrected chi connectivity index (χ3v) is 1.50. The van der Waals surface area contributed by atoms with E-state index < -0.39 is 0 Å². The van der Waals surface area contributed by atoms with Gasteiger partial charge in [-0.05, 0) is 12.1 Å². The van der Waals surface area contributed by atoms with Gasteiger partial charge in [-0.15, -0.1) is 0 Å². The first kappa shape index (κ1) is 9.54. The smallest absolute Gasteiger partial charge is 0.225 e. The van der Waals surface area contributed by atoms with Gasteiger partial charge < -0.3 is 16.2 Å². The Morgan fingerprint density at radius 3 is 2.92 bits per heavy atom. The molecule has 0 aliphatic heterocycles. The second kappa shape index (κ2) is 4.47. The molecule has 0 aromatic heterocycles. The molecule has 0 saturated heterocycles. The summed E-state index contributed by atoms with van der Waals surface area (Å²) in [5, 5.41) is 11.7. The van der Waals surface area contributed by atoms with E-state index in [4.69, 9.17) is 10.8 Å². The summed E-state index contributed by atoms with van der Waals surface area (Å²) in [6.07, 6.45) is 0.287. The average molecular weight is 180 g/mol. The lowest BCUT2D eigenvalue weighted by molar-refractivity contribution is -0.116. The zero-order chi connectivity index (χ0) is 9.68. The fourth-order valence-corrected chi connectivity index (χ4v) is 0.938. The number of rotatable bonds is 3. The molecule has 0 fully saturated rings. The lowest BCUT2D eigenvalue weighted by Crippen LogP contribution is -2.15. The largest absolute Gasteiger partial charge is 0.508 e. The van der Waals surface area contributed by atoms with E-state index >= 15 is 0 Å². The van der Waals surface area contributed by atoms with Crippen molar-refractivity contribution < 1.29 is 9.90 Å². The van der Waals surface area contributed by atoms with Crippen LogP contribution < -0.4 is 11.1 Å². The Bertz CT molecular complexity index is 299. The highest BCUT2D eigenvalue weighted by Crippen LogP contribution is 2.15. The molecule has 4 N–H and O–H groups in total. The molecule has 0 aliphatic carbocycles. The molecule has 1 rings (SSSR count). The van der Waals surface area contributed by atoms with Crippen molar-refractivity contribution in [3.05, 3.63) is 24.3 Å². The van der Waals surface area contributed by atoms with Crippen LogP contribution in [0.15, 0.2) is 24.3 Å². The third-order valence-electron chi connectivity index (χ3n) is 1.50. The first-order chi connectivity index (χ1) is 6.22. The summed E-state index contributed by atoms with van der Waals surface area (Å²) in [6, 6.07) is 6.38. The topological polar surface area (TPSA) is 75.4 Å². The Balaban J connectivity index is 2.58. The summed E-state index contributed by atoms with van der Waals surface area (Å²) in [7, 11) is 0. The van der Waals surface area contributed by atoms with Gasteiger partial charge in [-0.3, -0.25) is 4.79 Å². The average Bonchev–Trinajstić information content (AvgIpc) is 2.04. The van der Waals surface area contributed by atoms with Crippen molar-refractivity contribution in [3.63, 3.8) is 0 Å². The molecule has 70 valence electrons. The van der Waals surface area contributed by atoms with Crippen LogP contribution in [-0.2, 0) is 4.79 Å². The van der Waals surface area contributed by atoms with Crippen LogP contribution in [0.5, 0.6) is 5.75 Å². The lowest BCUT2D eigenvalue weighted by atomic mass is 10.3. The van der Waals surface area contributed by atoms with Crippen LogP contribution in [-0.4, -0.2) is 17.6 Å². The zero-order valence-electron chi connectivity index (χ0n) is 7.16. The maximum Gasteiger partial charge on any atom is 0.225 e. The Morgan fingerprint density at radius 2 is 2.31 bits per heavy atom. The highest BCUT2D eigenvalue weighted by atomic mass is 16.3. The molecule has 0 atom stereocenters. The molecule has 0 unspecified atom stereocenters. The van der Waals surface area contributed by atoms with Crippen molar-refractivity contribution in [1.29, 1.82) is 0 Å². The van der Waals surface area contributed by atoms with Gasteiger partial charge in [0.25, 0.3) is 0 Å². The first-order valence-corrected chi connectivity index (χ1v) is 4.01. The zero-order valence-corrected chi connectivity index (χ0v) is 7.16. The highest BCUT2D eigenvalue weighted by Gasteiger charge is 2.00. The molecular formula is C9H12N2O2. The van der Waals surface area contributed by atoms with Crippen LogP contribution in [0.2, 0.25) is 0 Å². The van der Waals surface area contributed by atoms with Crippen molar-refractivity contribution in [2.75, 3.05) is 11.9 Å². The van der Waals surface area contributed by atoms with Crippen LogP contribution in [0.3, 0.4) is 0 Å². The van der Waals surface area contributed by atoms with Crippen LogP contribution in [0, 0.1) is 0 Å². The number of nitrogens with two attached hydrogens (primary N) is 1. The molecule has 4 heteroatoms. The molecule has 0 heterocycles. The van der Waals surface area contributed by atoms with Gasteiger partial charge in [-0.2, -0.15) is 0 Å². The molecule has 0 bridgehead atoms. The Morgan fingerprint density at radius 1 is 1.54 bits per heavy atom.